The van der Waals surface area contributed by atoms with Gasteiger partial charge in [-0.25, -0.2) is 4.99 Å². The van der Waals surface area contributed by atoms with Crippen LogP contribution in [0.2, 0.25) is 0 Å². The van der Waals surface area contributed by atoms with Crippen molar-refractivity contribution in [3.63, 3.8) is 0 Å². The Morgan fingerprint density at radius 3 is 2.79 bits per heavy atom. The molecular formula is C18H16N4OS. The molecule has 0 atom stereocenters. The molecule has 3 heterocycles. The Labute approximate surface area is 142 Å². The molecule has 0 amide bonds. The number of hydrogen-bond acceptors (Lipinski definition) is 5. The lowest BCUT2D eigenvalue weighted by Gasteiger charge is -2.25. The van der Waals surface area contributed by atoms with Crippen molar-refractivity contribution in [1.29, 1.82) is 0 Å². The number of pyridine rings is 1. The lowest BCUT2D eigenvalue weighted by atomic mass is 10.2. The molecule has 0 unspecified atom stereocenters. The highest BCUT2D eigenvalue weighted by Crippen LogP contribution is 2.16. The van der Waals surface area contributed by atoms with Crippen molar-refractivity contribution in [2.24, 2.45) is 4.99 Å². The Morgan fingerprint density at radius 1 is 1.21 bits per heavy atom. The van der Waals surface area contributed by atoms with E-state index in [0.29, 0.717) is 17.9 Å². The van der Waals surface area contributed by atoms with Gasteiger partial charge in [0, 0.05) is 18.1 Å². The molecule has 1 aliphatic heterocycles. The monoisotopic (exact) mass is 336 g/mol. The van der Waals surface area contributed by atoms with Gasteiger partial charge in [-0.2, -0.15) is 0 Å². The summed E-state index contributed by atoms with van der Waals surface area (Å²) in [5, 5.41) is 0. The maximum atomic E-state index is 12.7. The summed E-state index contributed by atoms with van der Waals surface area (Å²) in [6, 6.07) is 12.1. The van der Waals surface area contributed by atoms with E-state index in [-0.39, 0.29) is 5.56 Å². The lowest BCUT2D eigenvalue weighted by Crippen LogP contribution is -2.42. The second-order valence-corrected chi connectivity index (χ2v) is 6.74. The number of hydrogen-bond donors (Lipinski definition) is 0. The van der Waals surface area contributed by atoms with Crippen LogP contribution in [0, 0.1) is 6.92 Å². The molecule has 1 aromatic carbocycles. The SMILES string of the molecule is Cc1ccc(N2CN=c3s/c(=C/c4cccnc4)c(=O)n3C2)cc1. The number of aryl methyl sites for hydroxylation is 1. The maximum Gasteiger partial charge on any atom is 0.271 e. The molecule has 1 aliphatic rings. The second-order valence-electron chi connectivity index (χ2n) is 5.73. The van der Waals surface area contributed by atoms with Crippen LogP contribution >= 0.6 is 11.3 Å². The first-order valence-electron chi connectivity index (χ1n) is 7.68. The van der Waals surface area contributed by atoms with E-state index >= 15 is 0 Å². The Bertz CT molecular complexity index is 1040. The summed E-state index contributed by atoms with van der Waals surface area (Å²) < 4.78 is 2.42. The van der Waals surface area contributed by atoms with Crippen LogP contribution in [-0.4, -0.2) is 16.2 Å². The summed E-state index contributed by atoms with van der Waals surface area (Å²) in [4.78, 5) is 24.2. The van der Waals surface area contributed by atoms with E-state index < -0.39 is 0 Å². The molecule has 0 spiro atoms. The van der Waals surface area contributed by atoms with Gasteiger partial charge in [-0.3, -0.25) is 14.3 Å². The number of anilines is 1. The number of aromatic nitrogens is 2. The van der Waals surface area contributed by atoms with Gasteiger partial charge in [0.1, 0.15) is 13.3 Å². The van der Waals surface area contributed by atoms with Crippen molar-refractivity contribution in [3.8, 4) is 0 Å². The van der Waals surface area contributed by atoms with Crippen LogP contribution in [0.25, 0.3) is 6.08 Å². The quantitative estimate of drug-likeness (QED) is 0.713. The minimum Gasteiger partial charge on any atom is -0.334 e. The van der Waals surface area contributed by atoms with Crippen molar-refractivity contribution >= 4 is 23.1 Å². The fourth-order valence-corrected chi connectivity index (χ4v) is 3.61. The van der Waals surface area contributed by atoms with Gasteiger partial charge in [-0.05, 0) is 36.8 Å². The van der Waals surface area contributed by atoms with E-state index in [1.54, 1.807) is 17.0 Å². The second kappa shape index (κ2) is 6.05. The fourth-order valence-electron chi connectivity index (χ4n) is 2.64. The van der Waals surface area contributed by atoms with Crippen LogP contribution in [-0.2, 0) is 6.67 Å². The molecule has 0 aliphatic carbocycles. The molecular weight excluding hydrogens is 320 g/mol. The van der Waals surface area contributed by atoms with Gasteiger partial charge in [0.05, 0.1) is 4.53 Å². The summed E-state index contributed by atoms with van der Waals surface area (Å²) in [7, 11) is 0. The number of nitrogens with zero attached hydrogens (tertiary/aromatic N) is 4. The van der Waals surface area contributed by atoms with E-state index in [1.807, 2.05) is 18.2 Å². The summed E-state index contributed by atoms with van der Waals surface area (Å²) in [6.07, 6.45) is 5.34. The minimum atomic E-state index is -0.000542. The van der Waals surface area contributed by atoms with Crippen LogP contribution in [0.3, 0.4) is 0 Å². The highest BCUT2D eigenvalue weighted by atomic mass is 32.1. The topological polar surface area (TPSA) is 50.5 Å². The maximum absolute atomic E-state index is 12.7. The average Bonchev–Trinajstić information content (AvgIpc) is 2.92. The highest BCUT2D eigenvalue weighted by Gasteiger charge is 2.15. The molecule has 4 rings (SSSR count). The molecule has 6 heteroatoms. The molecule has 0 saturated carbocycles. The number of rotatable bonds is 2. The van der Waals surface area contributed by atoms with Crippen molar-refractivity contribution < 1.29 is 0 Å². The molecule has 0 N–H and O–H groups in total. The fraction of sp³-hybridized carbons (Fsp3) is 0.167. The molecule has 5 nitrogen and oxygen atoms in total. The van der Waals surface area contributed by atoms with Gasteiger partial charge in [0.25, 0.3) is 5.56 Å². The molecule has 0 fully saturated rings. The molecule has 0 radical (unpaired) electrons. The van der Waals surface area contributed by atoms with Crippen LogP contribution in [0.1, 0.15) is 11.1 Å². The summed E-state index contributed by atoms with van der Waals surface area (Å²) in [6.45, 7) is 3.15. The summed E-state index contributed by atoms with van der Waals surface area (Å²) in [5.74, 6) is 0. The zero-order valence-electron chi connectivity index (χ0n) is 13.2. The van der Waals surface area contributed by atoms with Crippen LogP contribution in [0.4, 0.5) is 5.69 Å². The third-order valence-electron chi connectivity index (χ3n) is 3.96. The Hall–Kier alpha value is -2.73. The van der Waals surface area contributed by atoms with E-state index in [2.05, 4.69) is 46.1 Å². The molecule has 120 valence electrons. The van der Waals surface area contributed by atoms with Crippen molar-refractivity contribution in [1.82, 2.24) is 9.55 Å². The minimum absolute atomic E-state index is 0.000542. The predicted octanol–water partition coefficient (Wildman–Crippen LogP) is 1.50. The smallest absolute Gasteiger partial charge is 0.271 e. The zero-order chi connectivity index (χ0) is 16.5. The third kappa shape index (κ3) is 2.76. The summed E-state index contributed by atoms with van der Waals surface area (Å²) in [5.41, 5.74) is 3.21. The van der Waals surface area contributed by atoms with Crippen LogP contribution in [0.15, 0.2) is 58.6 Å². The standard InChI is InChI=1S/C18H16N4OS/c1-13-4-6-15(7-5-13)21-11-20-18-22(12-21)17(23)16(24-18)9-14-3-2-8-19-10-14/h2-10H,11-12H2,1H3/b16-9+. The highest BCUT2D eigenvalue weighted by molar-refractivity contribution is 7.07. The third-order valence-corrected chi connectivity index (χ3v) is 5.00. The zero-order valence-corrected chi connectivity index (χ0v) is 14.0. The van der Waals surface area contributed by atoms with Crippen molar-refractivity contribution in [3.05, 3.63) is 79.6 Å². The first kappa shape index (κ1) is 14.8. The lowest BCUT2D eigenvalue weighted by molar-refractivity contribution is 0.569. The number of benzene rings is 1. The van der Waals surface area contributed by atoms with Crippen LogP contribution < -0.4 is 19.8 Å². The molecule has 0 saturated heterocycles. The largest absolute Gasteiger partial charge is 0.334 e. The average molecular weight is 336 g/mol. The number of fused-ring (bicyclic) bond motifs is 1. The first-order chi connectivity index (χ1) is 11.7. The Morgan fingerprint density at radius 2 is 2.04 bits per heavy atom. The van der Waals surface area contributed by atoms with Gasteiger partial charge >= 0.3 is 0 Å². The van der Waals surface area contributed by atoms with E-state index in [4.69, 9.17) is 0 Å². The van der Waals surface area contributed by atoms with E-state index in [1.165, 1.54) is 16.9 Å². The molecule has 3 aromatic rings. The number of thiazole rings is 1. The van der Waals surface area contributed by atoms with Gasteiger partial charge in [0.2, 0.25) is 0 Å². The predicted molar refractivity (Wildman–Crippen MR) is 95.7 cm³/mol. The molecule has 2 aromatic heterocycles. The first-order valence-corrected chi connectivity index (χ1v) is 8.50. The van der Waals surface area contributed by atoms with Gasteiger partial charge in [-0.1, -0.05) is 35.1 Å². The van der Waals surface area contributed by atoms with Crippen LogP contribution in [0.5, 0.6) is 0 Å². The van der Waals surface area contributed by atoms with Crippen molar-refractivity contribution in [2.45, 2.75) is 13.6 Å². The van der Waals surface area contributed by atoms with E-state index in [0.717, 1.165) is 16.1 Å². The van der Waals surface area contributed by atoms with Gasteiger partial charge in [0.15, 0.2) is 4.80 Å². The summed E-state index contributed by atoms with van der Waals surface area (Å²) >= 11 is 1.43. The molecule has 24 heavy (non-hydrogen) atoms. The van der Waals surface area contributed by atoms with Crippen molar-refractivity contribution in [2.75, 3.05) is 11.6 Å². The van der Waals surface area contributed by atoms with Gasteiger partial charge < -0.3 is 4.90 Å². The van der Waals surface area contributed by atoms with Gasteiger partial charge in [-0.15, -0.1) is 0 Å². The Balaban J connectivity index is 1.71. The Kier molecular flexibility index (Phi) is 3.74. The normalized spacial score (nSPS) is 14.4. The molecule has 0 bridgehead atoms. The van der Waals surface area contributed by atoms with E-state index in [9.17, 15) is 4.79 Å².